The quantitative estimate of drug-likeness (QED) is 0.469. The first-order chi connectivity index (χ1) is 3.83. The van der Waals surface area contributed by atoms with E-state index in [2.05, 4.69) is 58.4 Å². The largest absolute Gasteiger partial charge is 0 e. The molecule has 0 aromatic heterocycles. The van der Waals surface area contributed by atoms with Gasteiger partial charge in [-0.1, -0.05) is 0 Å². The summed E-state index contributed by atoms with van der Waals surface area (Å²) < 4.78 is 2.66. The Balaban J connectivity index is -0.0000000720. The van der Waals surface area contributed by atoms with Crippen LogP contribution in [0.2, 0.25) is 8.94 Å². The zero-order chi connectivity index (χ0) is 6.83. The molecule has 0 fully saturated rings. The summed E-state index contributed by atoms with van der Waals surface area (Å²) in [6, 6.07) is 0. The van der Waals surface area contributed by atoms with Crippen LogP contribution in [0.3, 0.4) is 0 Å². The molecule has 0 aliphatic rings. The van der Waals surface area contributed by atoms with E-state index in [-0.39, 0.29) is 27.7 Å². The summed E-state index contributed by atoms with van der Waals surface area (Å²) in [6.07, 6.45) is 2.65. The molecular weight excluding hydrogens is 528 g/mol. The first-order valence-corrected chi connectivity index (χ1v) is 6.29. The normalized spacial score (nSPS) is 6.67. The maximum Gasteiger partial charge on any atom is 0 e. The number of hydrogen-bond acceptors (Lipinski definition) is 0. The van der Waals surface area contributed by atoms with E-state index < -0.39 is 0 Å². The minimum absolute atomic E-state index is 0. The van der Waals surface area contributed by atoms with Crippen molar-refractivity contribution in [2.45, 2.75) is 35.6 Å². The summed E-state index contributed by atoms with van der Waals surface area (Å²) in [5, 5.41) is 0. The fourth-order valence-electron chi connectivity index (χ4n) is 0. The van der Waals surface area contributed by atoms with Crippen molar-refractivity contribution in [3.8, 4) is 0 Å². The SMILES string of the molecule is CCC[Te].CCC[Te].[Hg]. The van der Waals surface area contributed by atoms with Crippen molar-refractivity contribution in [3.63, 3.8) is 0 Å². The molecule has 2 radical (unpaired) electrons. The van der Waals surface area contributed by atoms with Crippen LogP contribution in [-0.4, -0.2) is 44.6 Å². The van der Waals surface area contributed by atoms with Crippen LogP contribution in [0.4, 0.5) is 0 Å². The van der Waals surface area contributed by atoms with E-state index in [1.165, 1.54) is 21.8 Å². The van der Waals surface area contributed by atoms with Gasteiger partial charge in [-0.25, -0.2) is 0 Å². The van der Waals surface area contributed by atoms with Crippen LogP contribution in [0.5, 0.6) is 0 Å². The zero-order valence-electron chi connectivity index (χ0n) is 6.35. The Morgan fingerprint density at radius 2 is 1.00 bits per heavy atom. The second-order valence-electron chi connectivity index (χ2n) is 1.41. The van der Waals surface area contributed by atoms with Crippen molar-refractivity contribution in [3.05, 3.63) is 0 Å². The van der Waals surface area contributed by atoms with E-state index in [1.54, 1.807) is 0 Å². The first kappa shape index (κ1) is 17.6. The molecule has 0 bridgehead atoms. The molecule has 9 heavy (non-hydrogen) atoms. The van der Waals surface area contributed by atoms with E-state index >= 15 is 0 Å². The standard InChI is InChI=1S/2C3H7Te.Hg/c2*1-2-3-4;/h2*2-3H2,1H3;. The van der Waals surface area contributed by atoms with Crippen molar-refractivity contribution >= 4 is 44.6 Å². The molecule has 0 saturated heterocycles. The van der Waals surface area contributed by atoms with Gasteiger partial charge in [0, 0.05) is 27.7 Å². The van der Waals surface area contributed by atoms with E-state index in [0.29, 0.717) is 0 Å². The molecule has 0 amide bonds. The molecule has 3 heteroatoms. The third kappa shape index (κ3) is 37.4. The van der Waals surface area contributed by atoms with Crippen molar-refractivity contribution in [2.75, 3.05) is 0 Å². The van der Waals surface area contributed by atoms with Crippen molar-refractivity contribution in [1.82, 2.24) is 0 Å². The fourth-order valence-corrected chi connectivity index (χ4v) is 0. The van der Waals surface area contributed by atoms with Gasteiger partial charge in [-0.05, 0) is 0 Å². The van der Waals surface area contributed by atoms with Gasteiger partial charge in [0.1, 0.15) is 0 Å². The summed E-state index contributed by atoms with van der Waals surface area (Å²) in [6.45, 7) is 4.37. The predicted octanol–water partition coefficient (Wildman–Crippen LogP) is 1.96. The number of rotatable bonds is 2. The van der Waals surface area contributed by atoms with E-state index in [0.717, 1.165) is 0 Å². The van der Waals surface area contributed by atoms with Gasteiger partial charge in [0.05, 0.1) is 0 Å². The predicted molar refractivity (Wildman–Crippen MR) is 41.7 cm³/mol. The van der Waals surface area contributed by atoms with Gasteiger partial charge in [0.15, 0.2) is 0 Å². The summed E-state index contributed by atoms with van der Waals surface area (Å²) in [5.41, 5.74) is 0. The molecule has 52 valence electrons. The van der Waals surface area contributed by atoms with Crippen LogP contribution in [0, 0.1) is 0 Å². The molecule has 0 atom stereocenters. The average Bonchev–Trinajstić information content (AvgIpc) is 1.88. The third-order valence-electron chi connectivity index (χ3n) is 0.408. The maximum absolute atomic E-state index is 2.18. The van der Waals surface area contributed by atoms with Crippen LogP contribution in [0.15, 0.2) is 0 Å². The topological polar surface area (TPSA) is 0 Å². The van der Waals surface area contributed by atoms with E-state index in [4.69, 9.17) is 0 Å². The smallest absolute Gasteiger partial charge is 0 e. The summed E-state index contributed by atoms with van der Waals surface area (Å²) in [7, 11) is 0. The molecule has 0 saturated carbocycles. The Morgan fingerprint density at radius 3 is 1.00 bits per heavy atom. The summed E-state index contributed by atoms with van der Waals surface area (Å²) in [5.74, 6) is 0. The molecule has 0 unspecified atom stereocenters. The molecule has 0 aliphatic heterocycles. The molecule has 0 nitrogen and oxygen atoms in total. The maximum atomic E-state index is 2.18. The van der Waals surface area contributed by atoms with Crippen molar-refractivity contribution < 1.29 is 27.7 Å². The zero-order valence-corrected chi connectivity index (χ0v) is 16.5. The van der Waals surface area contributed by atoms with Gasteiger partial charge < -0.3 is 0 Å². The molecule has 0 heterocycles. The van der Waals surface area contributed by atoms with Gasteiger partial charge >= 0.3 is 80.2 Å². The molecule has 0 aliphatic carbocycles. The monoisotopic (exact) mass is 548 g/mol. The van der Waals surface area contributed by atoms with Crippen LogP contribution in [-0.2, 0) is 27.7 Å². The van der Waals surface area contributed by atoms with Gasteiger partial charge in [-0.15, -0.1) is 0 Å². The fraction of sp³-hybridized carbons (Fsp3) is 1.00. The average molecular weight is 542 g/mol. The minimum Gasteiger partial charge on any atom is 0 e. The molecule has 0 rings (SSSR count). The van der Waals surface area contributed by atoms with Gasteiger partial charge in [-0.2, -0.15) is 0 Å². The molecule has 0 N–H and O–H groups in total. The molecule has 0 aromatic rings. The third-order valence-corrected chi connectivity index (χ3v) is 2.74. The van der Waals surface area contributed by atoms with Crippen LogP contribution >= 0.6 is 0 Å². The van der Waals surface area contributed by atoms with Crippen LogP contribution < -0.4 is 0 Å². The molecule has 0 spiro atoms. The van der Waals surface area contributed by atoms with Gasteiger partial charge in [0.25, 0.3) is 0 Å². The Bertz CT molecular complexity index is 19.0. The van der Waals surface area contributed by atoms with Gasteiger partial charge in [-0.3, -0.25) is 0 Å². The van der Waals surface area contributed by atoms with E-state index in [9.17, 15) is 0 Å². The molecular formula is C6H14HgTe2. The Labute approximate surface area is 106 Å². The Morgan fingerprint density at radius 1 is 0.889 bits per heavy atom. The number of hydrogen-bond donors (Lipinski definition) is 0. The van der Waals surface area contributed by atoms with Gasteiger partial charge in [0.2, 0.25) is 0 Å². The second kappa shape index (κ2) is 22.4. The summed E-state index contributed by atoms with van der Waals surface area (Å²) >= 11 is 4.25. The Hall–Kier alpha value is 2.51. The first-order valence-electron chi connectivity index (χ1n) is 2.99. The second-order valence-corrected chi connectivity index (χ2v) is 3.74. The summed E-state index contributed by atoms with van der Waals surface area (Å²) in [4.78, 5) is 0. The van der Waals surface area contributed by atoms with E-state index in [1.807, 2.05) is 0 Å². The Kier molecular flexibility index (Phi) is 43.8. The minimum atomic E-state index is 0. The van der Waals surface area contributed by atoms with Crippen molar-refractivity contribution in [2.24, 2.45) is 0 Å². The van der Waals surface area contributed by atoms with Crippen LogP contribution in [0.25, 0.3) is 0 Å². The molecule has 0 aromatic carbocycles. The van der Waals surface area contributed by atoms with Crippen LogP contribution in [0.1, 0.15) is 26.7 Å². The van der Waals surface area contributed by atoms with Crippen molar-refractivity contribution in [1.29, 1.82) is 0 Å².